The number of hydrogen-bond donors (Lipinski definition) is 1. The standard InChI is InChI=1S/C21H19N3O5/c1-29-18(26)12-22-17(25)10-11-23-19-13-6-2-3-7-14(13)21(28)24(19)16-9-5-4-8-15(16)20(23)27/h2-9,19H,10-12H2,1H3,(H,22,25)/t19-/m1/s1. The van der Waals surface area contributed by atoms with E-state index in [4.69, 9.17) is 0 Å². The van der Waals surface area contributed by atoms with Gasteiger partial charge in [-0.3, -0.25) is 24.1 Å². The minimum absolute atomic E-state index is 0.00833. The van der Waals surface area contributed by atoms with E-state index in [0.717, 1.165) is 5.56 Å². The molecule has 4 rings (SSSR count). The summed E-state index contributed by atoms with van der Waals surface area (Å²) in [7, 11) is 1.24. The van der Waals surface area contributed by atoms with Crippen LogP contribution in [0.2, 0.25) is 0 Å². The van der Waals surface area contributed by atoms with Gasteiger partial charge in [-0.2, -0.15) is 0 Å². The van der Waals surface area contributed by atoms with Gasteiger partial charge in [-0.25, -0.2) is 0 Å². The van der Waals surface area contributed by atoms with Crippen LogP contribution in [0.15, 0.2) is 48.5 Å². The van der Waals surface area contributed by atoms with Crippen molar-refractivity contribution in [1.82, 2.24) is 10.2 Å². The number of fused-ring (bicyclic) bond motifs is 5. The second kappa shape index (κ2) is 7.38. The Morgan fingerprint density at radius 2 is 1.69 bits per heavy atom. The lowest BCUT2D eigenvalue weighted by atomic mass is 10.0. The lowest BCUT2D eigenvalue weighted by molar-refractivity contribution is -0.141. The number of benzene rings is 2. The van der Waals surface area contributed by atoms with E-state index in [-0.39, 0.29) is 37.2 Å². The minimum atomic E-state index is -0.602. The summed E-state index contributed by atoms with van der Waals surface area (Å²) in [4.78, 5) is 52.7. The summed E-state index contributed by atoms with van der Waals surface area (Å²) in [6.07, 6.45) is -0.611. The Morgan fingerprint density at radius 3 is 2.45 bits per heavy atom. The molecule has 0 saturated heterocycles. The predicted octanol–water partition coefficient (Wildman–Crippen LogP) is 1.48. The summed E-state index contributed by atoms with van der Waals surface area (Å²) in [5.41, 5.74) is 2.26. The Hall–Kier alpha value is -3.68. The molecule has 0 fully saturated rings. The number of esters is 1. The van der Waals surface area contributed by atoms with E-state index in [1.54, 1.807) is 41.3 Å². The number of hydrogen-bond acceptors (Lipinski definition) is 5. The van der Waals surface area contributed by atoms with Crippen molar-refractivity contribution >= 4 is 29.4 Å². The van der Waals surface area contributed by atoms with Gasteiger partial charge < -0.3 is 15.0 Å². The van der Waals surface area contributed by atoms with E-state index in [1.807, 2.05) is 12.1 Å². The number of anilines is 1. The molecule has 0 aromatic heterocycles. The van der Waals surface area contributed by atoms with Gasteiger partial charge in [-0.1, -0.05) is 30.3 Å². The molecule has 2 aromatic rings. The summed E-state index contributed by atoms with van der Waals surface area (Å²) in [5, 5.41) is 2.46. The van der Waals surface area contributed by atoms with Crippen molar-refractivity contribution in [3.63, 3.8) is 0 Å². The fourth-order valence-corrected chi connectivity index (χ4v) is 3.75. The molecule has 0 aliphatic carbocycles. The van der Waals surface area contributed by atoms with Crippen LogP contribution in [0, 0.1) is 0 Å². The number of nitrogens with zero attached hydrogens (tertiary/aromatic N) is 2. The van der Waals surface area contributed by atoms with Crippen molar-refractivity contribution in [2.24, 2.45) is 0 Å². The Bertz CT molecular complexity index is 1020. The number of carbonyl (C=O) groups is 4. The van der Waals surface area contributed by atoms with E-state index in [0.29, 0.717) is 16.8 Å². The molecule has 2 heterocycles. The summed E-state index contributed by atoms with van der Waals surface area (Å²) >= 11 is 0. The van der Waals surface area contributed by atoms with Gasteiger partial charge in [-0.15, -0.1) is 0 Å². The third kappa shape index (κ3) is 3.12. The SMILES string of the molecule is COC(=O)CNC(=O)CCN1C(=O)c2ccccc2N2C(=O)c3ccccc3[C@H]12. The Morgan fingerprint density at radius 1 is 1.00 bits per heavy atom. The zero-order valence-corrected chi connectivity index (χ0v) is 15.8. The maximum atomic E-state index is 13.2. The Balaban J connectivity index is 1.63. The van der Waals surface area contributed by atoms with E-state index < -0.39 is 12.1 Å². The monoisotopic (exact) mass is 393 g/mol. The van der Waals surface area contributed by atoms with Crippen molar-refractivity contribution in [2.75, 3.05) is 25.1 Å². The molecule has 2 aliphatic heterocycles. The maximum absolute atomic E-state index is 13.2. The van der Waals surface area contributed by atoms with Gasteiger partial charge in [0.15, 0.2) is 0 Å². The fraction of sp³-hybridized carbons (Fsp3) is 0.238. The van der Waals surface area contributed by atoms with Crippen LogP contribution >= 0.6 is 0 Å². The second-order valence-electron chi connectivity index (χ2n) is 6.75. The average Bonchev–Trinajstić information content (AvgIpc) is 3.05. The van der Waals surface area contributed by atoms with Gasteiger partial charge >= 0.3 is 5.97 Å². The second-order valence-corrected chi connectivity index (χ2v) is 6.75. The third-order valence-electron chi connectivity index (χ3n) is 5.12. The van der Waals surface area contributed by atoms with Gasteiger partial charge in [0.25, 0.3) is 11.8 Å². The first-order valence-corrected chi connectivity index (χ1v) is 9.19. The normalized spacial score (nSPS) is 16.8. The van der Waals surface area contributed by atoms with Crippen LogP contribution < -0.4 is 10.2 Å². The van der Waals surface area contributed by atoms with Gasteiger partial charge in [-0.05, 0) is 18.2 Å². The molecule has 29 heavy (non-hydrogen) atoms. The summed E-state index contributed by atoms with van der Waals surface area (Å²) < 4.78 is 4.50. The van der Waals surface area contributed by atoms with Crippen LogP contribution in [0.3, 0.4) is 0 Å². The van der Waals surface area contributed by atoms with Crippen molar-refractivity contribution < 1.29 is 23.9 Å². The number of rotatable bonds is 5. The van der Waals surface area contributed by atoms with Crippen molar-refractivity contribution in [1.29, 1.82) is 0 Å². The van der Waals surface area contributed by atoms with Crippen LogP contribution in [-0.4, -0.2) is 48.8 Å². The van der Waals surface area contributed by atoms with Crippen LogP contribution in [0.25, 0.3) is 0 Å². The van der Waals surface area contributed by atoms with E-state index in [1.165, 1.54) is 12.0 Å². The number of methoxy groups -OCH3 is 1. The highest BCUT2D eigenvalue weighted by atomic mass is 16.5. The van der Waals surface area contributed by atoms with Crippen molar-refractivity contribution in [3.05, 3.63) is 65.2 Å². The molecule has 0 spiro atoms. The first kappa shape index (κ1) is 18.7. The zero-order chi connectivity index (χ0) is 20.5. The van der Waals surface area contributed by atoms with Gasteiger partial charge in [0, 0.05) is 24.1 Å². The predicted molar refractivity (Wildman–Crippen MR) is 103 cm³/mol. The largest absolute Gasteiger partial charge is 0.468 e. The number of para-hydroxylation sites is 1. The highest BCUT2D eigenvalue weighted by Crippen LogP contribution is 2.45. The number of carbonyl (C=O) groups excluding carboxylic acids is 4. The Kier molecular flexibility index (Phi) is 4.75. The molecule has 0 saturated carbocycles. The lowest BCUT2D eigenvalue weighted by Crippen LogP contribution is -2.49. The molecule has 2 aliphatic rings. The maximum Gasteiger partial charge on any atom is 0.325 e. The highest BCUT2D eigenvalue weighted by molar-refractivity contribution is 6.16. The first-order valence-electron chi connectivity index (χ1n) is 9.19. The molecule has 0 unspecified atom stereocenters. The molecule has 8 nitrogen and oxygen atoms in total. The summed E-state index contributed by atoms with van der Waals surface area (Å²) in [6.45, 7) is -0.133. The van der Waals surface area contributed by atoms with E-state index in [9.17, 15) is 19.2 Å². The zero-order valence-electron chi connectivity index (χ0n) is 15.8. The van der Waals surface area contributed by atoms with Crippen molar-refractivity contribution in [2.45, 2.75) is 12.6 Å². The molecule has 3 amide bonds. The number of amides is 3. The smallest absolute Gasteiger partial charge is 0.325 e. The van der Waals surface area contributed by atoms with Gasteiger partial charge in [0.2, 0.25) is 5.91 Å². The number of nitrogens with one attached hydrogen (secondary N) is 1. The quantitative estimate of drug-likeness (QED) is 0.777. The topological polar surface area (TPSA) is 96.0 Å². The molecule has 0 radical (unpaired) electrons. The summed E-state index contributed by atoms with van der Waals surface area (Å²) in [5.74, 6) is -1.35. The van der Waals surface area contributed by atoms with Crippen LogP contribution in [0.1, 0.15) is 38.9 Å². The summed E-state index contributed by atoms with van der Waals surface area (Å²) in [6, 6.07) is 14.1. The molecule has 2 aromatic carbocycles. The first-order chi connectivity index (χ1) is 14.0. The molecule has 148 valence electrons. The molecule has 1 N–H and O–H groups in total. The van der Waals surface area contributed by atoms with Crippen molar-refractivity contribution in [3.8, 4) is 0 Å². The van der Waals surface area contributed by atoms with E-state index in [2.05, 4.69) is 10.1 Å². The van der Waals surface area contributed by atoms with Crippen LogP contribution in [-0.2, 0) is 14.3 Å². The number of ether oxygens (including phenoxy) is 1. The molecule has 8 heteroatoms. The van der Waals surface area contributed by atoms with E-state index >= 15 is 0 Å². The third-order valence-corrected chi connectivity index (χ3v) is 5.12. The molecule has 0 bridgehead atoms. The van der Waals surface area contributed by atoms with Crippen LogP contribution in [0.5, 0.6) is 0 Å². The minimum Gasteiger partial charge on any atom is -0.468 e. The molecular formula is C21H19N3O5. The van der Waals surface area contributed by atoms with Gasteiger partial charge in [0.05, 0.1) is 18.4 Å². The van der Waals surface area contributed by atoms with Crippen LogP contribution in [0.4, 0.5) is 5.69 Å². The fourth-order valence-electron chi connectivity index (χ4n) is 3.75. The highest BCUT2D eigenvalue weighted by Gasteiger charge is 2.47. The Labute approximate surface area is 167 Å². The molecular weight excluding hydrogens is 374 g/mol. The average molecular weight is 393 g/mol. The van der Waals surface area contributed by atoms with Gasteiger partial charge in [0.1, 0.15) is 12.7 Å². The lowest BCUT2D eigenvalue weighted by Gasteiger charge is -2.40. The molecule has 1 atom stereocenters.